The Labute approximate surface area is 192 Å². The number of fused-ring (bicyclic) bond motifs is 2. The predicted octanol–water partition coefficient (Wildman–Crippen LogP) is 4.68. The highest BCUT2D eigenvalue weighted by Gasteiger charge is 2.42. The van der Waals surface area contributed by atoms with E-state index in [-0.39, 0.29) is 17.9 Å². The number of amides is 2. The number of Topliss-reactive ketones (excluding diaryl/α,β-unsaturated/α-hetero) is 1. The van der Waals surface area contributed by atoms with Crippen LogP contribution in [0.25, 0.3) is 10.9 Å². The number of carbonyl (C=O) groups excluding carboxylic acids is 2. The van der Waals surface area contributed by atoms with E-state index in [9.17, 15) is 9.59 Å². The van der Waals surface area contributed by atoms with Crippen molar-refractivity contribution < 1.29 is 9.59 Å². The number of nitrogens with zero attached hydrogens (tertiary/aromatic N) is 2. The van der Waals surface area contributed by atoms with Gasteiger partial charge >= 0.3 is 6.03 Å². The lowest BCUT2D eigenvalue weighted by atomic mass is 9.73. The summed E-state index contributed by atoms with van der Waals surface area (Å²) in [6.07, 6.45) is 2.95. The summed E-state index contributed by atoms with van der Waals surface area (Å²) in [5.41, 5.74) is 4.34. The minimum Gasteiger partial charge on any atom is -0.349 e. The van der Waals surface area contributed by atoms with Crippen LogP contribution in [0.2, 0.25) is 0 Å². The number of piperidine rings is 1. The number of nitrogens with one attached hydrogen (secondary N) is 2. The standard InChI is InChI=1S/C24H33BrN4O2/c1-5-8-29-13-16(26-24(31)28(6-2)7-3)11-17-18-9-15(14(4)30)10-20-22(18)19(12-21(17)29)23(25)27-20/h9-10,16-17,21,27H,5-8,11-13H2,1-4H3,(H,26,31)/t16-,17+,21+/m0/s1. The van der Waals surface area contributed by atoms with Gasteiger partial charge in [0.1, 0.15) is 0 Å². The molecular formula is C24H33BrN4O2. The molecule has 1 fully saturated rings. The largest absolute Gasteiger partial charge is 0.349 e. The van der Waals surface area contributed by atoms with Crippen molar-refractivity contribution >= 4 is 38.6 Å². The van der Waals surface area contributed by atoms with Gasteiger partial charge in [0.2, 0.25) is 0 Å². The summed E-state index contributed by atoms with van der Waals surface area (Å²) in [5.74, 6) is 0.374. The SMILES string of the molecule is CCCN1C[C@@H](NC(=O)N(CC)CC)C[C@@H]2c3cc(C(C)=O)cc4[nH]c(Br)c(c34)C[C@H]21. The third kappa shape index (κ3) is 4.02. The zero-order valence-electron chi connectivity index (χ0n) is 18.9. The van der Waals surface area contributed by atoms with E-state index in [0.717, 1.165) is 48.0 Å². The zero-order chi connectivity index (χ0) is 22.3. The first-order chi connectivity index (χ1) is 14.9. The molecule has 0 bridgehead atoms. The van der Waals surface area contributed by atoms with Gasteiger partial charge in [-0.25, -0.2) is 4.79 Å². The Morgan fingerprint density at radius 3 is 2.65 bits per heavy atom. The lowest BCUT2D eigenvalue weighted by Gasteiger charge is -2.47. The average Bonchev–Trinajstić information content (AvgIpc) is 3.05. The van der Waals surface area contributed by atoms with Gasteiger partial charge in [-0.15, -0.1) is 0 Å². The second kappa shape index (κ2) is 8.94. The van der Waals surface area contributed by atoms with E-state index >= 15 is 0 Å². The summed E-state index contributed by atoms with van der Waals surface area (Å²) in [5, 5.41) is 4.56. The van der Waals surface area contributed by atoms with Crippen LogP contribution in [-0.2, 0) is 6.42 Å². The summed E-state index contributed by atoms with van der Waals surface area (Å²) in [6, 6.07) is 4.58. The summed E-state index contributed by atoms with van der Waals surface area (Å²) in [6.45, 7) is 11.2. The molecule has 0 unspecified atom stereocenters. The molecule has 2 heterocycles. The minimum atomic E-state index is 0.0217. The highest BCUT2D eigenvalue weighted by atomic mass is 79.9. The number of carbonyl (C=O) groups is 2. The first-order valence-electron chi connectivity index (χ1n) is 11.5. The van der Waals surface area contributed by atoms with Gasteiger partial charge in [-0.3, -0.25) is 9.69 Å². The van der Waals surface area contributed by atoms with Crippen LogP contribution in [0.1, 0.15) is 67.9 Å². The minimum absolute atomic E-state index is 0.0217. The van der Waals surface area contributed by atoms with Crippen LogP contribution in [0.3, 0.4) is 0 Å². The first-order valence-corrected chi connectivity index (χ1v) is 12.3. The van der Waals surface area contributed by atoms with Gasteiger partial charge in [-0.2, -0.15) is 0 Å². The molecule has 1 aromatic heterocycles. The molecule has 1 saturated heterocycles. The van der Waals surface area contributed by atoms with E-state index in [2.05, 4.69) is 44.1 Å². The lowest BCUT2D eigenvalue weighted by molar-refractivity contribution is 0.0976. The number of likely N-dealkylation sites (tertiary alicyclic amines) is 1. The summed E-state index contributed by atoms with van der Waals surface area (Å²) in [4.78, 5) is 32.9. The monoisotopic (exact) mass is 488 g/mol. The van der Waals surface area contributed by atoms with Gasteiger partial charge in [0, 0.05) is 54.1 Å². The molecule has 1 aliphatic carbocycles. The number of hydrogen-bond donors (Lipinski definition) is 2. The molecule has 2 aliphatic rings. The lowest BCUT2D eigenvalue weighted by Crippen LogP contribution is -2.57. The Morgan fingerprint density at radius 1 is 1.26 bits per heavy atom. The Hall–Kier alpha value is -1.86. The molecule has 0 spiro atoms. The molecule has 2 amide bonds. The van der Waals surface area contributed by atoms with Crippen LogP contribution in [-0.4, -0.2) is 64.9 Å². The van der Waals surface area contributed by atoms with Crippen LogP contribution < -0.4 is 5.32 Å². The fraction of sp³-hybridized carbons (Fsp3) is 0.583. The summed E-state index contributed by atoms with van der Waals surface area (Å²) >= 11 is 3.73. The smallest absolute Gasteiger partial charge is 0.317 e. The number of aromatic amines is 1. The predicted molar refractivity (Wildman–Crippen MR) is 128 cm³/mol. The molecule has 0 saturated carbocycles. The van der Waals surface area contributed by atoms with Crippen molar-refractivity contribution in [3.63, 3.8) is 0 Å². The number of benzene rings is 1. The van der Waals surface area contributed by atoms with Crippen molar-refractivity contribution in [2.45, 2.75) is 65.0 Å². The number of H-pyrrole nitrogens is 1. The van der Waals surface area contributed by atoms with E-state index in [1.54, 1.807) is 6.92 Å². The maximum absolute atomic E-state index is 12.8. The maximum atomic E-state index is 12.8. The Bertz CT molecular complexity index is 997. The highest BCUT2D eigenvalue weighted by molar-refractivity contribution is 9.10. The quantitative estimate of drug-likeness (QED) is 0.580. The number of ketones is 1. The molecule has 7 heteroatoms. The maximum Gasteiger partial charge on any atom is 0.317 e. The van der Waals surface area contributed by atoms with Crippen molar-refractivity contribution in [2.24, 2.45) is 0 Å². The van der Waals surface area contributed by atoms with E-state index in [1.807, 2.05) is 24.8 Å². The van der Waals surface area contributed by atoms with Crippen LogP contribution in [0.4, 0.5) is 4.79 Å². The van der Waals surface area contributed by atoms with Gasteiger partial charge in [0.15, 0.2) is 5.78 Å². The molecule has 6 nitrogen and oxygen atoms in total. The van der Waals surface area contributed by atoms with Crippen LogP contribution >= 0.6 is 15.9 Å². The van der Waals surface area contributed by atoms with Crippen LogP contribution in [0, 0.1) is 0 Å². The molecule has 3 atom stereocenters. The second-order valence-corrected chi connectivity index (χ2v) is 9.68. The van der Waals surface area contributed by atoms with Gasteiger partial charge in [-0.05, 0) is 85.8 Å². The van der Waals surface area contributed by atoms with Crippen LogP contribution in [0.5, 0.6) is 0 Å². The van der Waals surface area contributed by atoms with E-state index in [4.69, 9.17) is 0 Å². The zero-order valence-corrected chi connectivity index (χ0v) is 20.5. The summed E-state index contributed by atoms with van der Waals surface area (Å²) in [7, 11) is 0. The topological polar surface area (TPSA) is 68.4 Å². The molecule has 168 valence electrons. The van der Waals surface area contributed by atoms with Crippen molar-refractivity contribution in [1.82, 2.24) is 20.1 Å². The Morgan fingerprint density at radius 2 is 2.00 bits per heavy atom. The molecule has 2 N–H and O–H groups in total. The molecule has 31 heavy (non-hydrogen) atoms. The number of urea groups is 1. The van der Waals surface area contributed by atoms with Crippen molar-refractivity contribution in [1.29, 1.82) is 0 Å². The van der Waals surface area contributed by atoms with E-state index < -0.39 is 0 Å². The highest BCUT2D eigenvalue weighted by Crippen LogP contribution is 2.46. The fourth-order valence-corrected chi connectivity index (χ4v) is 6.12. The van der Waals surface area contributed by atoms with Gasteiger partial charge in [0.05, 0.1) is 4.60 Å². The van der Waals surface area contributed by atoms with E-state index in [0.29, 0.717) is 25.0 Å². The van der Waals surface area contributed by atoms with Crippen molar-refractivity contribution in [2.75, 3.05) is 26.2 Å². The van der Waals surface area contributed by atoms with Gasteiger partial charge in [-0.1, -0.05) is 6.92 Å². The Balaban J connectivity index is 1.73. The number of hydrogen-bond acceptors (Lipinski definition) is 3. The third-order valence-electron chi connectivity index (χ3n) is 7.02. The molecule has 0 radical (unpaired) electrons. The number of halogens is 1. The van der Waals surface area contributed by atoms with Gasteiger partial charge in [0.25, 0.3) is 0 Å². The molecule has 1 aliphatic heterocycles. The van der Waals surface area contributed by atoms with Crippen molar-refractivity contribution in [3.8, 4) is 0 Å². The van der Waals surface area contributed by atoms with Crippen LogP contribution in [0.15, 0.2) is 16.7 Å². The third-order valence-corrected chi connectivity index (χ3v) is 7.69. The fourth-order valence-electron chi connectivity index (χ4n) is 5.54. The average molecular weight is 489 g/mol. The molecule has 2 aromatic rings. The number of rotatable bonds is 6. The second-order valence-electron chi connectivity index (χ2n) is 8.89. The molecule has 4 rings (SSSR count). The van der Waals surface area contributed by atoms with Gasteiger partial charge < -0.3 is 15.2 Å². The Kier molecular flexibility index (Phi) is 6.44. The first kappa shape index (κ1) is 22.3. The molecule has 1 aromatic carbocycles. The van der Waals surface area contributed by atoms with Crippen molar-refractivity contribution in [3.05, 3.63) is 33.4 Å². The molecular weight excluding hydrogens is 456 g/mol. The summed E-state index contributed by atoms with van der Waals surface area (Å²) < 4.78 is 1.02. The number of aromatic nitrogens is 1. The normalized spacial score (nSPS) is 22.9. The van der Waals surface area contributed by atoms with E-state index in [1.165, 1.54) is 16.5 Å².